The molecular weight excluding hydrogens is 292 g/mol. The average molecular weight is 306 g/mol. The van der Waals surface area contributed by atoms with Gasteiger partial charge in [-0.2, -0.15) is 11.8 Å². The summed E-state index contributed by atoms with van der Waals surface area (Å²) >= 11 is 3.01. The van der Waals surface area contributed by atoms with Crippen molar-refractivity contribution in [1.29, 1.82) is 0 Å². The number of thiophene rings is 1. The van der Waals surface area contributed by atoms with Crippen LogP contribution in [0.4, 0.5) is 0 Å². The second-order valence-corrected chi connectivity index (χ2v) is 5.83. The summed E-state index contributed by atoms with van der Waals surface area (Å²) in [5.74, 6) is 0.217. The lowest BCUT2D eigenvalue weighted by Crippen LogP contribution is -2.41. The van der Waals surface area contributed by atoms with E-state index in [-0.39, 0.29) is 11.8 Å². The number of amides is 2. The van der Waals surface area contributed by atoms with E-state index in [9.17, 15) is 9.59 Å². The molecule has 0 aliphatic heterocycles. The van der Waals surface area contributed by atoms with Gasteiger partial charge >= 0.3 is 0 Å². The number of hydrazine groups is 1. The Hall–Kier alpha value is -1.79. The number of carbonyl (C=O) groups is 2. The molecule has 0 aliphatic rings. The summed E-state index contributed by atoms with van der Waals surface area (Å²) in [5, 5.41) is 1.81. The van der Waals surface area contributed by atoms with Gasteiger partial charge in [0.2, 0.25) is 0 Å². The lowest BCUT2D eigenvalue weighted by molar-refractivity contribution is 0.0849. The number of rotatable bonds is 4. The molecular formula is C14H14N2O2S2. The molecule has 0 spiro atoms. The van der Waals surface area contributed by atoms with Crippen LogP contribution >= 0.6 is 23.1 Å². The van der Waals surface area contributed by atoms with Gasteiger partial charge in [0.05, 0.1) is 4.88 Å². The highest BCUT2D eigenvalue weighted by atomic mass is 32.2. The quantitative estimate of drug-likeness (QED) is 0.854. The molecule has 0 unspecified atom stereocenters. The number of nitrogens with one attached hydrogen (secondary N) is 2. The highest BCUT2D eigenvalue weighted by Crippen LogP contribution is 2.11. The van der Waals surface area contributed by atoms with E-state index in [1.807, 2.05) is 29.8 Å². The summed E-state index contributed by atoms with van der Waals surface area (Å²) in [6.07, 6.45) is 2.01. The Kier molecular flexibility index (Phi) is 5.20. The molecule has 0 radical (unpaired) electrons. The molecule has 1 aromatic carbocycles. The number of hydrogen-bond donors (Lipinski definition) is 2. The van der Waals surface area contributed by atoms with Crippen LogP contribution in [0.15, 0.2) is 41.8 Å². The summed E-state index contributed by atoms with van der Waals surface area (Å²) in [7, 11) is 0. The molecule has 2 rings (SSSR count). The minimum atomic E-state index is -0.321. The van der Waals surface area contributed by atoms with Gasteiger partial charge in [0, 0.05) is 11.3 Å². The van der Waals surface area contributed by atoms with Crippen molar-refractivity contribution in [3.63, 3.8) is 0 Å². The van der Waals surface area contributed by atoms with E-state index in [4.69, 9.17) is 0 Å². The van der Waals surface area contributed by atoms with E-state index in [0.717, 1.165) is 11.3 Å². The van der Waals surface area contributed by atoms with Gasteiger partial charge in [0.15, 0.2) is 0 Å². The van der Waals surface area contributed by atoms with Gasteiger partial charge in [-0.1, -0.05) is 18.2 Å². The van der Waals surface area contributed by atoms with Gasteiger partial charge in [-0.3, -0.25) is 20.4 Å². The molecule has 1 heterocycles. The fourth-order valence-corrected chi connectivity index (χ4v) is 2.76. The topological polar surface area (TPSA) is 58.2 Å². The van der Waals surface area contributed by atoms with Crippen molar-refractivity contribution in [2.24, 2.45) is 0 Å². The molecule has 1 aromatic heterocycles. The van der Waals surface area contributed by atoms with Crippen molar-refractivity contribution in [1.82, 2.24) is 10.9 Å². The summed E-state index contributed by atoms with van der Waals surface area (Å²) in [6.45, 7) is 0. The maximum absolute atomic E-state index is 11.9. The Labute approximate surface area is 125 Å². The Morgan fingerprint density at radius 2 is 1.95 bits per heavy atom. The number of hydrogen-bond acceptors (Lipinski definition) is 4. The number of carbonyl (C=O) groups excluding carboxylic acids is 2. The Morgan fingerprint density at radius 1 is 1.15 bits per heavy atom. The first-order valence-electron chi connectivity index (χ1n) is 5.93. The van der Waals surface area contributed by atoms with E-state index in [0.29, 0.717) is 10.4 Å². The predicted molar refractivity (Wildman–Crippen MR) is 82.9 cm³/mol. The highest BCUT2D eigenvalue weighted by molar-refractivity contribution is 7.97. The van der Waals surface area contributed by atoms with Gasteiger partial charge in [-0.25, -0.2) is 0 Å². The summed E-state index contributed by atoms with van der Waals surface area (Å²) in [4.78, 5) is 24.2. The highest BCUT2D eigenvalue weighted by Gasteiger charge is 2.09. The average Bonchev–Trinajstić information content (AvgIpc) is 2.99. The monoisotopic (exact) mass is 306 g/mol. The SMILES string of the molecule is CSCc1cccc(C(=O)NNC(=O)c2cccs2)c1. The minimum Gasteiger partial charge on any atom is -0.267 e. The van der Waals surface area contributed by atoms with E-state index in [1.54, 1.807) is 30.0 Å². The van der Waals surface area contributed by atoms with E-state index in [2.05, 4.69) is 10.9 Å². The molecule has 104 valence electrons. The lowest BCUT2D eigenvalue weighted by Gasteiger charge is -2.07. The maximum atomic E-state index is 11.9. The van der Waals surface area contributed by atoms with Gasteiger partial charge in [0.1, 0.15) is 0 Å². The zero-order chi connectivity index (χ0) is 14.4. The second kappa shape index (κ2) is 7.12. The third-order valence-corrected chi connectivity index (χ3v) is 4.03. The molecule has 2 N–H and O–H groups in total. The first-order valence-corrected chi connectivity index (χ1v) is 8.20. The first-order chi connectivity index (χ1) is 9.70. The van der Waals surface area contributed by atoms with Crippen molar-refractivity contribution in [2.75, 3.05) is 6.26 Å². The summed E-state index contributed by atoms with van der Waals surface area (Å²) in [5.41, 5.74) is 6.43. The van der Waals surface area contributed by atoms with Crippen molar-refractivity contribution in [3.8, 4) is 0 Å². The smallest absolute Gasteiger partial charge is 0.267 e. The molecule has 4 nitrogen and oxygen atoms in total. The minimum absolute atomic E-state index is 0.311. The van der Waals surface area contributed by atoms with E-state index < -0.39 is 0 Å². The largest absolute Gasteiger partial charge is 0.279 e. The Morgan fingerprint density at radius 3 is 2.65 bits per heavy atom. The fraction of sp³-hybridized carbons (Fsp3) is 0.143. The Bertz CT molecular complexity index is 597. The van der Waals surface area contributed by atoms with Crippen LogP contribution < -0.4 is 10.9 Å². The molecule has 2 amide bonds. The van der Waals surface area contributed by atoms with Crippen molar-refractivity contribution in [3.05, 3.63) is 57.8 Å². The van der Waals surface area contributed by atoms with Crippen LogP contribution in [0, 0.1) is 0 Å². The van der Waals surface area contributed by atoms with Gasteiger partial charge < -0.3 is 0 Å². The van der Waals surface area contributed by atoms with Crippen LogP contribution in [0.25, 0.3) is 0 Å². The van der Waals surface area contributed by atoms with Gasteiger partial charge in [0.25, 0.3) is 11.8 Å². The molecule has 0 aliphatic carbocycles. The standard InChI is InChI=1S/C14H14N2O2S2/c1-19-9-10-4-2-5-11(8-10)13(17)15-16-14(18)12-6-3-7-20-12/h2-8H,9H2,1H3,(H,15,17)(H,16,18). The molecule has 0 saturated heterocycles. The third kappa shape index (κ3) is 3.85. The van der Waals surface area contributed by atoms with Crippen molar-refractivity contribution < 1.29 is 9.59 Å². The second-order valence-electron chi connectivity index (χ2n) is 4.02. The zero-order valence-electron chi connectivity index (χ0n) is 10.9. The zero-order valence-corrected chi connectivity index (χ0v) is 12.5. The van der Waals surface area contributed by atoms with Crippen molar-refractivity contribution >= 4 is 34.9 Å². The summed E-state index contributed by atoms with van der Waals surface area (Å²) in [6, 6.07) is 10.8. The number of benzene rings is 1. The molecule has 6 heteroatoms. The summed E-state index contributed by atoms with van der Waals surface area (Å²) < 4.78 is 0. The maximum Gasteiger partial charge on any atom is 0.279 e. The van der Waals surface area contributed by atoms with E-state index >= 15 is 0 Å². The molecule has 0 atom stereocenters. The van der Waals surface area contributed by atoms with Crippen LogP contribution in [0.1, 0.15) is 25.6 Å². The van der Waals surface area contributed by atoms with Crippen LogP contribution in [0.5, 0.6) is 0 Å². The molecule has 0 saturated carbocycles. The molecule has 2 aromatic rings. The van der Waals surface area contributed by atoms with Gasteiger partial charge in [-0.05, 0) is 35.4 Å². The van der Waals surface area contributed by atoms with Crippen LogP contribution in [0.2, 0.25) is 0 Å². The normalized spacial score (nSPS) is 10.1. The van der Waals surface area contributed by atoms with E-state index in [1.165, 1.54) is 11.3 Å². The fourth-order valence-electron chi connectivity index (χ4n) is 1.62. The van der Waals surface area contributed by atoms with Crippen LogP contribution in [0.3, 0.4) is 0 Å². The molecule has 0 fully saturated rings. The number of thioether (sulfide) groups is 1. The molecule has 20 heavy (non-hydrogen) atoms. The van der Waals surface area contributed by atoms with Gasteiger partial charge in [-0.15, -0.1) is 11.3 Å². The Balaban J connectivity index is 1.95. The van der Waals surface area contributed by atoms with Crippen LogP contribution in [-0.4, -0.2) is 18.1 Å². The third-order valence-electron chi connectivity index (χ3n) is 2.53. The lowest BCUT2D eigenvalue weighted by atomic mass is 10.1. The predicted octanol–water partition coefficient (Wildman–Crippen LogP) is 2.69. The molecule has 0 bridgehead atoms. The first kappa shape index (κ1) is 14.6. The van der Waals surface area contributed by atoms with Crippen LogP contribution in [-0.2, 0) is 5.75 Å². The van der Waals surface area contributed by atoms with Crippen molar-refractivity contribution in [2.45, 2.75) is 5.75 Å².